The molecule has 10 heteroatoms. The van der Waals surface area contributed by atoms with E-state index in [4.69, 9.17) is 4.74 Å². The fourth-order valence-electron chi connectivity index (χ4n) is 3.89. The standard InChI is InChI=1S/C25H26N4O5S/c1-17-9-12-19(13-10-17)35(32,33)29(21-7-5-6-8-23(21)34-4)16-24(30)26-18-11-14-20-22(15-18)28(3)25(31)27(20)2/h5-15H,16H2,1-4H3,(H,26,30). The summed E-state index contributed by atoms with van der Waals surface area (Å²) in [7, 11) is 0.666. The number of carbonyl (C=O) groups excluding carboxylic acids is 1. The smallest absolute Gasteiger partial charge is 0.328 e. The zero-order valence-electron chi connectivity index (χ0n) is 19.8. The Hall–Kier alpha value is -4.05. The van der Waals surface area contributed by atoms with Crippen molar-refractivity contribution in [3.63, 3.8) is 0 Å². The summed E-state index contributed by atoms with van der Waals surface area (Å²) in [6.45, 7) is 1.38. The number of para-hydroxylation sites is 2. The monoisotopic (exact) mass is 494 g/mol. The molecule has 1 aromatic heterocycles. The van der Waals surface area contributed by atoms with Crippen LogP contribution in [0, 0.1) is 6.92 Å². The van der Waals surface area contributed by atoms with Crippen molar-refractivity contribution in [2.75, 3.05) is 23.3 Å². The Morgan fingerprint density at radius 3 is 2.31 bits per heavy atom. The number of benzene rings is 3. The second-order valence-electron chi connectivity index (χ2n) is 8.15. The Balaban J connectivity index is 1.70. The van der Waals surface area contributed by atoms with E-state index in [9.17, 15) is 18.0 Å². The van der Waals surface area contributed by atoms with Crippen LogP contribution in [0.3, 0.4) is 0 Å². The number of imidazole rings is 1. The molecular formula is C25H26N4O5S. The van der Waals surface area contributed by atoms with Gasteiger partial charge in [-0.05, 0) is 49.4 Å². The van der Waals surface area contributed by atoms with Crippen LogP contribution in [-0.4, -0.2) is 37.1 Å². The van der Waals surface area contributed by atoms with Crippen molar-refractivity contribution in [2.45, 2.75) is 11.8 Å². The molecule has 0 fully saturated rings. The number of rotatable bonds is 7. The van der Waals surface area contributed by atoms with Crippen LogP contribution in [0.5, 0.6) is 5.75 Å². The van der Waals surface area contributed by atoms with E-state index in [1.165, 1.54) is 28.4 Å². The molecule has 0 spiro atoms. The lowest BCUT2D eigenvalue weighted by molar-refractivity contribution is -0.114. The summed E-state index contributed by atoms with van der Waals surface area (Å²) in [5.41, 5.74) is 2.77. The van der Waals surface area contributed by atoms with E-state index in [2.05, 4.69) is 5.32 Å². The Morgan fingerprint density at radius 1 is 0.971 bits per heavy atom. The van der Waals surface area contributed by atoms with Crippen molar-refractivity contribution in [1.82, 2.24) is 9.13 Å². The minimum atomic E-state index is -4.09. The van der Waals surface area contributed by atoms with Crippen LogP contribution in [0.1, 0.15) is 5.56 Å². The van der Waals surface area contributed by atoms with Crippen LogP contribution < -0.4 is 20.0 Å². The SMILES string of the molecule is COc1ccccc1N(CC(=O)Nc1ccc2c(c1)n(C)c(=O)n2C)S(=O)(=O)c1ccc(C)cc1. The predicted molar refractivity (Wildman–Crippen MR) is 135 cm³/mol. The first-order valence-corrected chi connectivity index (χ1v) is 12.2. The minimum Gasteiger partial charge on any atom is -0.495 e. The highest BCUT2D eigenvalue weighted by molar-refractivity contribution is 7.92. The molecule has 9 nitrogen and oxygen atoms in total. The normalized spacial score (nSPS) is 11.4. The Labute approximate surface area is 203 Å². The lowest BCUT2D eigenvalue weighted by Gasteiger charge is -2.25. The maximum atomic E-state index is 13.6. The first-order chi connectivity index (χ1) is 16.6. The van der Waals surface area contributed by atoms with Crippen LogP contribution in [0.2, 0.25) is 0 Å². The van der Waals surface area contributed by atoms with E-state index in [0.29, 0.717) is 22.5 Å². The van der Waals surface area contributed by atoms with Gasteiger partial charge in [0.25, 0.3) is 10.0 Å². The second kappa shape index (κ2) is 9.30. The van der Waals surface area contributed by atoms with Gasteiger partial charge in [0, 0.05) is 19.8 Å². The number of methoxy groups -OCH3 is 1. The summed E-state index contributed by atoms with van der Waals surface area (Å²) in [6.07, 6.45) is 0. The first kappa shape index (κ1) is 24.1. The Bertz CT molecular complexity index is 1570. The Kier molecular flexibility index (Phi) is 6.40. The van der Waals surface area contributed by atoms with E-state index in [-0.39, 0.29) is 16.3 Å². The minimum absolute atomic E-state index is 0.0579. The number of hydrogen-bond donors (Lipinski definition) is 1. The van der Waals surface area contributed by atoms with Crippen molar-refractivity contribution < 1.29 is 17.9 Å². The molecule has 1 N–H and O–H groups in total. The van der Waals surface area contributed by atoms with Crippen molar-refractivity contribution in [1.29, 1.82) is 0 Å². The average Bonchev–Trinajstić information content (AvgIpc) is 3.06. The maximum Gasteiger partial charge on any atom is 0.328 e. The molecule has 35 heavy (non-hydrogen) atoms. The largest absolute Gasteiger partial charge is 0.495 e. The number of sulfonamides is 1. The molecule has 0 atom stereocenters. The number of aryl methyl sites for hydroxylation is 3. The number of nitrogens with zero attached hydrogens (tertiary/aromatic N) is 3. The van der Waals surface area contributed by atoms with Gasteiger partial charge in [0.1, 0.15) is 12.3 Å². The number of hydrogen-bond acceptors (Lipinski definition) is 5. The van der Waals surface area contributed by atoms with Gasteiger partial charge in [-0.2, -0.15) is 0 Å². The molecule has 3 aromatic carbocycles. The first-order valence-electron chi connectivity index (χ1n) is 10.8. The molecule has 0 aliphatic carbocycles. The van der Waals surface area contributed by atoms with Crippen LogP contribution >= 0.6 is 0 Å². The van der Waals surface area contributed by atoms with E-state index in [1.807, 2.05) is 6.92 Å². The molecule has 182 valence electrons. The van der Waals surface area contributed by atoms with Gasteiger partial charge in [-0.3, -0.25) is 18.2 Å². The third kappa shape index (κ3) is 4.52. The number of anilines is 2. The van der Waals surface area contributed by atoms with Gasteiger partial charge in [-0.15, -0.1) is 0 Å². The number of fused-ring (bicyclic) bond motifs is 1. The van der Waals surface area contributed by atoms with Gasteiger partial charge in [-0.1, -0.05) is 29.8 Å². The fourth-order valence-corrected chi connectivity index (χ4v) is 5.32. The molecule has 0 saturated heterocycles. The summed E-state index contributed by atoms with van der Waals surface area (Å²) in [5.74, 6) is -0.233. The molecule has 1 heterocycles. The number of carbonyl (C=O) groups is 1. The molecule has 0 aliphatic rings. The number of aromatic nitrogens is 2. The van der Waals surface area contributed by atoms with Crippen molar-refractivity contribution in [3.8, 4) is 5.75 Å². The van der Waals surface area contributed by atoms with Crippen LogP contribution in [-0.2, 0) is 28.9 Å². The average molecular weight is 495 g/mol. The summed E-state index contributed by atoms with van der Waals surface area (Å²) in [5, 5.41) is 2.75. The maximum absolute atomic E-state index is 13.6. The highest BCUT2D eigenvalue weighted by atomic mass is 32.2. The van der Waals surface area contributed by atoms with E-state index in [1.54, 1.807) is 68.7 Å². The molecular weight excluding hydrogens is 468 g/mol. The van der Waals surface area contributed by atoms with Crippen LogP contribution in [0.25, 0.3) is 11.0 Å². The molecule has 4 aromatic rings. The molecule has 0 aliphatic heterocycles. The number of ether oxygens (including phenoxy) is 1. The van der Waals surface area contributed by atoms with Gasteiger partial charge >= 0.3 is 5.69 Å². The number of nitrogens with one attached hydrogen (secondary N) is 1. The predicted octanol–water partition coefficient (Wildman–Crippen LogP) is 3.03. The lowest BCUT2D eigenvalue weighted by atomic mass is 10.2. The molecule has 0 radical (unpaired) electrons. The summed E-state index contributed by atoms with van der Waals surface area (Å²) >= 11 is 0. The lowest BCUT2D eigenvalue weighted by Crippen LogP contribution is -2.38. The third-order valence-electron chi connectivity index (χ3n) is 5.81. The fraction of sp³-hybridized carbons (Fsp3) is 0.200. The second-order valence-corrected chi connectivity index (χ2v) is 10.0. The van der Waals surface area contributed by atoms with E-state index >= 15 is 0 Å². The van der Waals surface area contributed by atoms with Gasteiger partial charge in [0.15, 0.2) is 0 Å². The topological polar surface area (TPSA) is 103 Å². The zero-order valence-corrected chi connectivity index (χ0v) is 20.7. The van der Waals surface area contributed by atoms with Crippen LogP contribution in [0.15, 0.2) is 76.4 Å². The molecule has 0 saturated carbocycles. The summed E-state index contributed by atoms with van der Waals surface area (Å²) < 4.78 is 36.6. The van der Waals surface area contributed by atoms with E-state index < -0.39 is 22.5 Å². The third-order valence-corrected chi connectivity index (χ3v) is 7.58. The molecule has 0 bridgehead atoms. The number of amides is 1. The summed E-state index contributed by atoms with van der Waals surface area (Å²) in [6, 6.07) is 18.1. The van der Waals surface area contributed by atoms with Crippen LogP contribution in [0.4, 0.5) is 11.4 Å². The summed E-state index contributed by atoms with van der Waals surface area (Å²) in [4.78, 5) is 25.4. The van der Waals surface area contributed by atoms with Gasteiger partial charge in [0.05, 0.1) is 28.7 Å². The Morgan fingerprint density at radius 2 is 1.63 bits per heavy atom. The highest BCUT2D eigenvalue weighted by Gasteiger charge is 2.29. The van der Waals surface area contributed by atoms with Crippen molar-refractivity contribution >= 4 is 38.3 Å². The van der Waals surface area contributed by atoms with Gasteiger partial charge in [0.2, 0.25) is 5.91 Å². The van der Waals surface area contributed by atoms with E-state index in [0.717, 1.165) is 9.87 Å². The van der Waals surface area contributed by atoms with Crippen molar-refractivity contribution in [2.24, 2.45) is 14.1 Å². The molecule has 1 amide bonds. The quantitative estimate of drug-likeness (QED) is 0.426. The zero-order chi connectivity index (χ0) is 25.3. The molecule has 4 rings (SSSR count). The molecule has 0 unspecified atom stereocenters. The highest BCUT2D eigenvalue weighted by Crippen LogP contribution is 2.32. The van der Waals surface area contributed by atoms with Gasteiger partial charge in [-0.25, -0.2) is 13.2 Å². The van der Waals surface area contributed by atoms with Crippen molar-refractivity contribution in [3.05, 3.63) is 82.8 Å². The van der Waals surface area contributed by atoms with Gasteiger partial charge < -0.3 is 10.1 Å².